The Bertz CT molecular complexity index is 492. The molecule has 2 aliphatic rings. The van der Waals surface area contributed by atoms with Crippen LogP contribution in [-0.2, 0) is 5.41 Å². The molecule has 1 aliphatic heterocycles. The van der Waals surface area contributed by atoms with Crippen molar-refractivity contribution in [1.29, 1.82) is 0 Å². The Kier molecular flexibility index (Phi) is 2.96. The average molecular weight is 255 g/mol. The summed E-state index contributed by atoms with van der Waals surface area (Å²) in [6.07, 6.45) is 8.52. The number of para-hydroxylation sites is 1. The number of rotatable bonds is 2. The Morgan fingerprint density at radius 1 is 1.37 bits per heavy atom. The van der Waals surface area contributed by atoms with Gasteiger partial charge in [0.1, 0.15) is 0 Å². The van der Waals surface area contributed by atoms with Crippen LogP contribution in [-0.4, -0.2) is 5.54 Å². The van der Waals surface area contributed by atoms with Gasteiger partial charge in [-0.15, -0.1) is 6.58 Å². The summed E-state index contributed by atoms with van der Waals surface area (Å²) >= 11 is 0. The van der Waals surface area contributed by atoms with Crippen molar-refractivity contribution >= 4 is 5.69 Å². The van der Waals surface area contributed by atoms with Crippen LogP contribution in [0.5, 0.6) is 0 Å². The van der Waals surface area contributed by atoms with Crippen LogP contribution in [0.2, 0.25) is 0 Å². The SMILES string of the molecule is C=CCC1(C)Nc2ccccc2[C@@]12CCCC[C@H]2C. The molecule has 0 bridgehead atoms. The van der Waals surface area contributed by atoms with Gasteiger partial charge in [-0.1, -0.05) is 44.0 Å². The highest BCUT2D eigenvalue weighted by Crippen LogP contribution is 2.58. The number of nitrogens with one attached hydrogen (secondary N) is 1. The monoisotopic (exact) mass is 255 g/mol. The molecular formula is C18H25N. The maximum atomic E-state index is 4.00. The van der Waals surface area contributed by atoms with E-state index in [-0.39, 0.29) is 11.0 Å². The van der Waals surface area contributed by atoms with E-state index < -0.39 is 0 Å². The van der Waals surface area contributed by atoms with Crippen LogP contribution in [0.15, 0.2) is 36.9 Å². The number of benzene rings is 1. The molecule has 1 unspecified atom stereocenters. The smallest absolute Gasteiger partial charge is 0.0479 e. The summed E-state index contributed by atoms with van der Waals surface area (Å²) in [6.45, 7) is 8.84. The molecule has 1 fully saturated rings. The minimum absolute atomic E-state index is 0.123. The van der Waals surface area contributed by atoms with Crippen LogP contribution in [0.3, 0.4) is 0 Å². The molecule has 0 saturated heterocycles. The number of fused-ring (bicyclic) bond motifs is 2. The average Bonchev–Trinajstić information content (AvgIpc) is 2.64. The van der Waals surface area contributed by atoms with E-state index in [1.165, 1.54) is 31.4 Å². The van der Waals surface area contributed by atoms with E-state index in [1.54, 1.807) is 5.56 Å². The van der Waals surface area contributed by atoms with E-state index in [2.05, 4.69) is 56.1 Å². The second kappa shape index (κ2) is 4.40. The van der Waals surface area contributed by atoms with Crippen molar-refractivity contribution in [2.24, 2.45) is 5.92 Å². The van der Waals surface area contributed by atoms with Crippen LogP contribution in [0, 0.1) is 5.92 Å². The topological polar surface area (TPSA) is 12.0 Å². The number of anilines is 1. The minimum atomic E-state index is 0.123. The fourth-order valence-electron chi connectivity index (χ4n) is 4.78. The molecule has 0 aromatic heterocycles. The van der Waals surface area contributed by atoms with E-state index in [4.69, 9.17) is 0 Å². The molecule has 1 aromatic carbocycles. The second-order valence-corrected chi connectivity index (χ2v) is 6.61. The molecule has 1 heteroatoms. The van der Waals surface area contributed by atoms with Gasteiger partial charge in [0, 0.05) is 16.6 Å². The number of hydrogen-bond donors (Lipinski definition) is 1. The first kappa shape index (κ1) is 12.8. The summed E-state index contributed by atoms with van der Waals surface area (Å²) in [7, 11) is 0. The Labute approximate surface area is 117 Å². The highest BCUT2D eigenvalue weighted by atomic mass is 15.0. The standard InChI is InChI=1S/C18H25N/c1-4-12-17(3)18(13-8-7-9-14(18)2)15-10-5-6-11-16(15)19-17/h4-6,10-11,14,19H,1,7-9,12-13H2,2-3H3/t14-,17?,18+/m1/s1. The molecule has 1 aliphatic carbocycles. The van der Waals surface area contributed by atoms with Gasteiger partial charge < -0.3 is 5.32 Å². The molecule has 0 radical (unpaired) electrons. The van der Waals surface area contributed by atoms with Crippen molar-refractivity contribution in [3.63, 3.8) is 0 Å². The highest BCUT2D eigenvalue weighted by molar-refractivity contribution is 5.65. The largest absolute Gasteiger partial charge is 0.378 e. The zero-order valence-electron chi connectivity index (χ0n) is 12.2. The summed E-state index contributed by atoms with van der Waals surface area (Å²) in [5.41, 5.74) is 3.31. The zero-order valence-corrected chi connectivity index (χ0v) is 12.2. The van der Waals surface area contributed by atoms with Gasteiger partial charge in [0.25, 0.3) is 0 Å². The van der Waals surface area contributed by atoms with Crippen molar-refractivity contribution < 1.29 is 0 Å². The van der Waals surface area contributed by atoms with Crippen LogP contribution in [0.4, 0.5) is 5.69 Å². The van der Waals surface area contributed by atoms with Crippen molar-refractivity contribution in [3.8, 4) is 0 Å². The first-order chi connectivity index (χ1) is 9.14. The molecule has 19 heavy (non-hydrogen) atoms. The maximum Gasteiger partial charge on any atom is 0.0479 e. The molecule has 1 aromatic rings. The Morgan fingerprint density at radius 3 is 2.89 bits per heavy atom. The summed E-state index contributed by atoms with van der Waals surface area (Å²) in [6, 6.07) is 8.93. The molecule has 1 N–H and O–H groups in total. The van der Waals surface area contributed by atoms with Gasteiger partial charge in [0.2, 0.25) is 0 Å². The molecule has 1 spiro atoms. The summed E-state index contributed by atoms with van der Waals surface area (Å²) < 4.78 is 0. The van der Waals surface area contributed by atoms with Crippen LogP contribution < -0.4 is 5.32 Å². The van der Waals surface area contributed by atoms with Gasteiger partial charge in [-0.3, -0.25) is 0 Å². The molecule has 102 valence electrons. The molecule has 3 atom stereocenters. The first-order valence-electron chi connectivity index (χ1n) is 7.63. The van der Waals surface area contributed by atoms with Gasteiger partial charge in [0.05, 0.1) is 0 Å². The summed E-state index contributed by atoms with van der Waals surface area (Å²) in [5.74, 6) is 0.738. The molecule has 0 amide bonds. The molecule has 3 rings (SSSR count). The Hall–Kier alpha value is -1.24. The minimum Gasteiger partial charge on any atom is -0.378 e. The van der Waals surface area contributed by atoms with Crippen LogP contribution >= 0.6 is 0 Å². The maximum absolute atomic E-state index is 4.00. The third-order valence-corrected chi connectivity index (χ3v) is 5.65. The molecule has 1 heterocycles. The molecule has 1 nitrogen and oxygen atoms in total. The fourth-order valence-corrected chi connectivity index (χ4v) is 4.78. The first-order valence-corrected chi connectivity index (χ1v) is 7.63. The van der Waals surface area contributed by atoms with Gasteiger partial charge in [-0.2, -0.15) is 0 Å². The number of hydrogen-bond acceptors (Lipinski definition) is 1. The van der Waals surface area contributed by atoms with Gasteiger partial charge in [-0.25, -0.2) is 0 Å². The lowest BCUT2D eigenvalue weighted by atomic mass is 9.55. The Morgan fingerprint density at radius 2 is 2.16 bits per heavy atom. The summed E-state index contributed by atoms with van der Waals surface area (Å²) in [5, 5.41) is 3.83. The van der Waals surface area contributed by atoms with Crippen molar-refractivity contribution in [3.05, 3.63) is 42.5 Å². The zero-order chi connectivity index (χ0) is 13.5. The normalized spacial score (nSPS) is 36.8. The quantitative estimate of drug-likeness (QED) is 0.741. The van der Waals surface area contributed by atoms with E-state index >= 15 is 0 Å². The van der Waals surface area contributed by atoms with E-state index in [1.807, 2.05) is 0 Å². The fraction of sp³-hybridized carbons (Fsp3) is 0.556. The van der Waals surface area contributed by atoms with Crippen molar-refractivity contribution in [2.75, 3.05) is 5.32 Å². The van der Waals surface area contributed by atoms with Crippen molar-refractivity contribution in [2.45, 2.75) is 56.9 Å². The van der Waals surface area contributed by atoms with Crippen LogP contribution in [0.1, 0.15) is 51.5 Å². The van der Waals surface area contributed by atoms with E-state index in [0.717, 1.165) is 12.3 Å². The summed E-state index contributed by atoms with van der Waals surface area (Å²) in [4.78, 5) is 0. The lowest BCUT2D eigenvalue weighted by Crippen LogP contribution is -2.54. The predicted molar refractivity (Wildman–Crippen MR) is 82.6 cm³/mol. The molecule has 1 saturated carbocycles. The van der Waals surface area contributed by atoms with Gasteiger partial charge in [-0.05, 0) is 43.7 Å². The van der Waals surface area contributed by atoms with Gasteiger partial charge >= 0.3 is 0 Å². The molecular weight excluding hydrogens is 230 g/mol. The third-order valence-electron chi connectivity index (χ3n) is 5.65. The third kappa shape index (κ3) is 1.60. The van der Waals surface area contributed by atoms with E-state index in [0.29, 0.717) is 0 Å². The van der Waals surface area contributed by atoms with Crippen molar-refractivity contribution in [1.82, 2.24) is 0 Å². The van der Waals surface area contributed by atoms with Crippen LogP contribution in [0.25, 0.3) is 0 Å². The Balaban J connectivity index is 2.17. The highest BCUT2D eigenvalue weighted by Gasteiger charge is 2.57. The lowest BCUT2D eigenvalue weighted by molar-refractivity contribution is 0.130. The second-order valence-electron chi connectivity index (χ2n) is 6.61. The predicted octanol–water partition coefficient (Wildman–Crippen LogP) is 4.89. The lowest BCUT2D eigenvalue weighted by Gasteiger charge is -2.50. The van der Waals surface area contributed by atoms with E-state index in [9.17, 15) is 0 Å². The van der Waals surface area contributed by atoms with Gasteiger partial charge in [0.15, 0.2) is 0 Å².